The van der Waals surface area contributed by atoms with Gasteiger partial charge in [0.05, 0.1) is 5.69 Å². The lowest BCUT2D eigenvalue weighted by atomic mass is 10.2. The predicted molar refractivity (Wildman–Crippen MR) is 80.1 cm³/mol. The SMILES string of the molecule is CC(C)(C)OC(=O)N[C@H]1CCN(Cc2nccnc2Cl)C1. The number of hydrogen-bond acceptors (Lipinski definition) is 5. The summed E-state index contributed by atoms with van der Waals surface area (Å²) in [4.78, 5) is 22.2. The van der Waals surface area contributed by atoms with Gasteiger partial charge in [0.25, 0.3) is 0 Å². The highest BCUT2D eigenvalue weighted by Gasteiger charge is 2.26. The van der Waals surface area contributed by atoms with E-state index in [2.05, 4.69) is 20.2 Å². The molecule has 1 aliphatic heterocycles. The Morgan fingerprint density at radius 3 is 2.86 bits per heavy atom. The number of halogens is 1. The lowest BCUT2D eigenvalue weighted by Crippen LogP contribution is -2.40. The van der Waals surface area contributed by atoms with Crippen LogP contribution in [0.2, 0.25) is 5.15 Å². The van der Waals surface area contributed by atoms with Crippen molar-refractivity contribution in [3.8, 4) is 0 Å². The van der Waals surface area contributed by atoms with E-state index in [-0.39, 0.29) is 12.1 Å². The van der Waals surface area contributed by atoms with Crippen LogP contribution in [0.25, 0.3) is 0 Å². The van der Waals surface area contributed by atoms with E-state index < -0.39 is 5.60 Å². The Morgan fingerprint density at radius 2 is 2.19 bits per heavy atom. The number of aromatic nitrogens is 2. The Morgan fingerprint density at radius 1 is 1.48 bits per heavy atom. The zero-order valence-corrected chi connectivity index (χ0v) is 13.4. The van der Waals surface area contributed by atoms with E-state index >= 15 is 0 Å². The summed E-state index contributed by atoms with van der Waals surface area (Å²) in [6, 6.07) is 0.0929. The van der Waals surface area contributed by atoms with Gasteiger partial charge in [0.1, 0.15) is 5.60 Å². The fourth-order valence-corrected chi connectivity index (χ4v) is 2.40. The summed E-state index contributed by atoms with van der Waals surface area (Å²) in [7, 11) is 0. The van der Waals surface area contributed by atoms with Crippen LogP contribution in [0.1, 0.15) is 32.9 Å². The summed E-state index contributed by atoms with van der Waals surface area (Å²) in [5, 5.41) is 3.33. The Hall–Kier alpha value is -1.40. The van der Waals surface area contributed by atoms with Gasteiger partial charge in [0.15, 0.2) is 5.15 Å². The van der Waals surface area contributed by atoms with Gasteiger partial charge in [-0.2, -0.15) is 0 Å². The molecule has 1 amide bonds. The molecule has 2 heterocycles. The van der Waals surface area contributed by atoms with Crippen LogP contribution in [0.15, 0.2) is 12.4 Å². The van der Waals surface area contributed by atoms with E-state index in [0.717, 1.165) is 25.2 Å². The van der Waals surface area contributed by atoms with Gasteiger partial charge in [0.2, 0.25) is 0 Å². The smallest absolute Gasteiger partial charge is 0.407 e. The highest BCUT2D eigenvalue weighted by atomic mass is 35.5. The van der Waals surface area contributed by atoms with Crippen LogP contribution < -0.4 is 5.32 Å². The predicted octanol–water partition coefficient (Wildman–Crippen LogP) is 2.23. The molecular formula is C14H21ClN4O2. The summed E-state index contributed by atoms with van der Waals surface area (Å²) in [5.41, 5.74) is 0.285. The molecule has 0 unspecified atom stereocenters. The molecule has 1 fully saturated rings. The minimum atomic E-state index is -0.477. The largest absolute Gasteiger partial charge is 0.444 e. The molecule has 1 aliphatic rings. The van der Waals surface area contributed by atoms with Gasteiger partial charge >= 0.3 is 6.09 Å². The Labute approximate surface area is 129 Å². The van der Waals surface area contributed by atoms with Crippen molar-refractivity contribution in [2.45, 2.75) is 45.4 Å². The van der Waals surface area contributed by atoms with Crippen molar-refractivity contribution in [1.82, 2.24) is 20.2 Å². The zero-order chi connectivity index (χ0) is 15.5. The van der Waals surface area contributed by atoms with Gasteiger partial charge in [0, 0.05) is 38.1 Å². The van der Waals surface area contributed by atoms with Crippen LogP contribution in [0.5, 0.6) is 0 Å². The minimum absolute atomic E-state index is 0.0929. The van der Waals surface area contributed by atoms with Gasteiger partial charge in [-0.25, -0.2) is 9.78 Å². The number of carbonyl (C=O) groups excluding carboxylic acids is 1. The van der Waals surface area contributed by atoms with E-state index in [1.54, 1.807) is 12.4 Å². The second kappa shape index (κ2) is 6.58. The molecule has 0 aliphatic carbocycles. The van der Waals surface area contributed by atoms with Gasteiger partial charge in [-0.3, -0.25) is 9.88 Å². The quantitative estimate of drug-likeness (QED) is 0.927. The minimum Gasteiger partial charge on any atom is -0.444 e. The molecule has 1 atom stereocenters. The molecule has 0 radical (unpaired) electrons. The molecule has 0 saturated carbocycles. The summed E-state index contributed by atoms with van der Waals surface area (Å²) in [6.45, 7) is 7.83. The molecule has 2 rings (SSSR count). The standard InChI is InChI=1S/C14H21ClN4O2/c1-14(2,3)21-13(20)18-10-4-7-19(8-10)9-11-12(15)17-6-5-16-11/h5-6,10H,4,7-9H2,1-3H3,(H,18,20)/t10-/m0/s1. The molecule has 1 N–H and O–H groups in total. The number of carbonyl (C=O) groups is 1. The van der Waals surface area contributed by atoms with Crippen molar-refractivity contribution < 1.29 is 9.53 Å². The topological polar surface area (TPSA) is 67.3 Å². The average molecular weight is 313 g/mol. The number of rotatable bonds is 3. The monoisotopic (exact) mass is 312 g/mol. The maximum absolute atomic E-state index is 11.7. The number of alkyl carbamates (subject to hydrolysis) is 1. The van der Waals surface area contributed by atoms with E-state index in [4.69, 9.17) is 16.3 Å². The first kappa shape index (κ1) is 16.0. The molecule has 0 aromatic carbocycles. The van der Waals surface area contributed by atoms with Crippen molar-refractivity contribution in [1.29, 1.82) is 0 Å². The third kappa shape index (κ3) is 5.13. The molecule has 0 spiro atoms. The normalized spacial score (nSPS) is 19.5. The van der Waals surface area contributed by atoms with Crippen molar-refractivity contribution in [3.05, 3.63) is 23.2 Å². The summed E-state index contributed by atoms with van der Waals surface area (Å²) < 4.78 is 5.26. The number of ether oxygens (including phenoxy) is 1. The van der Waals surface area contributed by atoms with Gasteiger partial charge in [-0.15, -0.1) is 0 Å². The van der Waals surface area contributed by atoms with Crippen molar-refractivity contribution in [2.24, 2.45) is 0 Å². The number of nitrogens with zero attached hydrogens (tertiary/aromatic N) is 3. The van der Waals surface area contributed by atoms with Crippen LogP contribution in [0.3, 0.4) is 0 Å². The first-order chi connectivity index (χ1) is 9.83. The zero-order valence-electron chi connectivity index (χ0n) is 12.6. The average Bonchev–Trinajstić information content (AvgIpc) is 2.77. The van der Waals surface area contributed by atoms with Gasteiger partial charge < -0.3 is 10.1 Å². The highest BCUT2D eigenvalue weighted by molar-refractivity contribution is 6.29. The maximum atomic E-state index is 11.7. The van der Waals surface area contributed by atoms with E-state index in [1.807, 2.05) is 20.8 Å². The lowest BCUT2D eigenvalue weighted by molar-refractivity contribution is 0.0505. The van der Waals surface area contributed by atoms with E-state index in [0.29, 0.717) is 11.7 Å². The second-order valence-corrected chi connectivity index (χ2v) is 6.52. The van der Waals surface area contributed by atoms with Crippen LogP contribution in [-0.2, 0) is 11.3 Å². The molecule has 21 heavy (non-hydrogen) atoms. The second-order valence-electron chi connectivity index (χ2n) is 6.16. The van der Waals surface area contributed by atoms with Crippen molar-refractivity contribution >= 4 is 17.7 Å². The Kier molecular flexibility index (Phi) is 5.00. The number of likely N-dealkylation sites (tertiary alicyclic amines) is 1. The van der Waals surface area contributed by atoms with E-state index in [9.17, 15) is 4.79 Å². The molecule has 116 valence electrons. The number of hydrogen-bond donors (Lipinski definition) is 1. The molecule has 0 bridgehead atoms. The van der Waals surface area contributed by atoms with Crippen LogP contribution in [0.4, 0.5) is 4.79 Å². The van der Waals surface area contributed by atoms with E-state index in [1.165, 1.54) is 0 Å². The summed E-state index contributed by atoms with van der Waals surface area (Å²) in [6.07, 6.45) is 3.72. The Bertz CT molecular complexity index is 504. The first-order valence-corrected chi connectivity index (χ1v) is 7.38. The maximum Gasteiger partial charge on any atom is 0.407 e. The molecular weight excluding hydrogens is 292 g/mol. The molecule has 6 nitrogen and oxygen atoms in total. The van der Waals surface area contributed by atoms with Gasteiger partial charge in [-0.1, -0.05) is 11.6 Å². The summed E-state index contributed by atoms with van der Waals surface area (Å²) in [5.74, 6) is 0. The number of amides is 1. The number of nitrogens with one attached hydrogen (secondary N) is 1. The van der Waals surface area contributed by atoms with Gasteiger partial charge in [-0.05, 0) is 27.2 Å². The van der Waals surface area contributed by atoms with Crippen LogP contribution in [0, 0.1) is 0 Å². The molecule has 1 saturated heterocycles. The first-order valence-electron chi connectivity index (χ1n) is 7.01. The fraction of sp³-hybridized carbons (Fsp3) is 0.643. The Balaban J connectivity index is 1.81. The van der Waals surface area contributed by atoms with Crippen LogP contribution in [-0.4, -0.2) is 45.7 Å². The lowest BCUT2D eigenvalue weighted by Gasteiger charge is -2.22. The van der Waals surface area contributed by atoms with Crippen LogP contribution >= 0.6 is 11.6 Å². The van der Waals surface area contributed by atoms with Crippen molar-refractivity contribution in [2.75, 3.05) is 13.1 Å². The molecule has 7 heteroatoms. The summed E-state index contributed by atoms with van der Waals surface area (Å²) >= 11 is 6.01. The molecule has 1 aromatic rings. The third-order valence-electron chi connectivity index (χ3n) is 3.09. The molecule has 1 aromatic heterocycles. The fourth-order valence-electron chi connectivity index (χ4n) is 2.24. The van der Waals surface area contributed by atoms with Crippen molar-refractivity contribution in [3.63, 3.8) is 0 Å². The third-order valence-corrected chi connectivity index (χ3v) is 3.41. The highest BCUT2D eigenvalue weighted by Crippen LogP contribution is 2.17.